The van der Waals surface area contributed by atoms with Crippen molar-refractivity contribution in [3.8, 4) is 0 Å². The van der Waals surface area contributed by atoms with E-state index in [0.29, 0.717) is 33.8 Å². The molecule has 1 N–H and O–H groups in total. The van der Waals surface area contributed by atoms with Crippen molar-refractivity contribution >= 4 is 46.4 Å². The highest BCUT2D eigenvalue weighted by molar-refractivity contribution is 6.35. The molecule has 26 heavy (non-hydrogen) atoms. The summed E-state index contributed by atoms with van der Waals surface area (Å²) in [6.07, 6.45) is 2.99. The monoisotopic (exact) mass is 386 g/mol. The van der Waals surface area contributed by atoms with Gasteiger partial charge < -0.3 is 10.2 Å². The smallest absolute Gasteiger partial charge is 0.261 e. The van der Waals surface area contributed by atoms with E-state index in [1.54, 1.807) is 23.1 Å². The minimum absolute atomic E-state index is 0.156. The van der Waals surface area contributed by atoms with Crippen LogP contribution in [-0.2, 0) is 0 Å². The number of hydrogen-bond donors (Lipinski definition) is 1. The number of nitrogens with zero attached hydrogens (tertiary/aromatic N) is 3. The third-order valence-corrected chi connectivity index (χ3v) is 4.08. The summed E-state index contributed by atoms with van der Waals surface area (Å²) in [5.41, 5.74) is 1.90. The van der Waals surface area contributed by atoms with E-state index in [9.17, 15) is 4.79 Å². The summed E-state index contributed by atoms with van der Waals surface area (Å²) in [5.74, 6) is 0.193. The van der Waals surface area contributed by atoms with Crippen LogP contribution in [0.1, 0.15) is 17.3 Å². The zero-order valence-corrected chi connectivity index (χ0v) is 15.5. The Morgan fingerprint density at radius 3 is 2.23 bits per heavy atom. The fraction of sp³-hybridized carbons (Fsp3) is 0.105. The van der Waals surface area contributed by atoms with Crippen molar-refractivity contribution < 1.29 is 4.79 Å². The van der Waals surface area contributed by atoms with Gasteiger partial charge in [-0.15, -0.1) is 0 Å². The first-order valence-corrected chi connectivity index (χ1v) is 8.74. The van der Waals surface area contributed by atoms with Crippen LogP contribution in [0, 0.1) is 0 Å². The second kappa shape index (κ2) is 8.17. The van der Waals surface area contributed by atoms with Gasteiger partial charge in [0.05, 0.1) is 5.56 Å². The summed E-state index contributed by atoms with van der Waals surface area (Å²) in [6.45, 7) is 2.47. The normalized spacial score (nSPS) is 10.4. The van der Waals surface area contributed by atoms with Gasteiger partial charge >= 0.3 is 0 Å². The molecule has 132 valence electrons. The molecule has 0 atom stereocenters. The zero-order chi connectivity index (χ0) is 18.5. The standard InChI is InChI=1S/C19H16Cl2N4O/c1-2-25(17-6-4-3-5-7-17)18(26)13-11-22-19(23-12-13)24-16-9-14(20)8-15(21)10-16/h3-12H,2H2,1H3,(H,22,23,24). The maximum Gasteiger partial charge on any atom is 0.261 e. The second-order valence-electron chi connectivity index (χ2n) is 5.46. The molecule has 0 radical (unpaired) electrons. The lowest BCUT2D eigenvalue weighted by atomic mass is 10.2. The maximum absolute atomic E-state index is 12.7. The third kappa shape index (κ3) is 4.31. The van der Waals surface area contributed by atoms with Crippen molar-refractivity contribution in [3.05, 3.63) is 76.5 Å². The fourth-order valence-electron chi connectivity index (χ4n) is 2.47. The molecule has 3 rings (SSSR count). The van der Waals surface area contributed by atoms with Crippen LogP contribution in [0.25, 0.3) is 0 Å². The van der Waals surface area contributed by atoms with E-state index in [0.717, 1.165) is 5.69 Å². The fourth-order valence-corrected chi connectivity index (χ4v) is 2.99. The number of halogens is 2. The Balaban J connectivity index is 1.77. The van der Waals surface area contributed by atoms with Crippen molar-refractivity contribution in [2.24, 2.45) is 0 Å². The molecule has 0 spiro atoms. The molecule has 7 heteroatoms. The van der Waals surface area contributed by atoms with Gasteiger partial charge in [0.2, 0.25) is 5.95 Å². The number of carbonyl (C=O) groups is 1. The molecule has 3 aromatic rings. The number of rotatable bonds is 5. The molecule has 0 bridgehead atoms. The molecular formula is C19H16Cl2N4O. The maximum atomic E-state index is 12.7. The number of aromatic nitrogens is 2. The highest BCUT2D eigenvalue weighted by Gasteiger charge is 2.16. The van der Waals surface area contributed by atoms with Crippen LogP contribution in [0.5, 0.6) is 0 Å². The molecule has 5 nitrogen and oxygen atoms in total. The van der Waals surface area contributed by atoms with E-state index in [2.05, 4.69) is 15.3 Å². The van der Waals surface area contributed by atoms with E-state index in [-0.39, 0.29) is 5.91 Å². The Morgan fingerprint density at radius 1 is 1.04 bits per heavy atom. The summed E-state index contributed by atoms with van der Waals surface area (Å²) in [5, 5.41) is 4.03. The number of nitrogens with one attached hydrogen (secondary N) is 1. The highest BCUT2D eigenvalue weighted by Crippen LogP contribution is 2.24. The van der Waals surface area contributed by atoms with Gasteiger partial charge in [0.1, 0.15) is 0 Å². The Hall–Kier alpha value is -2.63. The summed E-state index contributed by atoms with van der Waals surface area (Å²) < 4.78 is 0. The Morgan fingerprint density at radius 2 is 1.65 bits per heavy atom. The lowest BCUT2D eigenvalue weighted by molar-refractivity contribution is 0.0987. The van der Waals surface area contributed by atoms with E-state index < -0.39 is 0 Å². The number of amides is 1. The predicted molar refractivity (Wildman–Crippen MR) is 106 cm³/mol. The lowest BCUT2D eigenvalue weighted by Gasteiger charge is -2.20. The topological polar surface area (TPSA) is 58.1 Å². The van der Waals surface area contributed by atoms with Crippen LogP contribution in [0.4, 0.5) is 17.3 Å². The van der Waals surface area contributed by atoms with E-state index in [1.165, 1.54) is 12.4 Å². The van der Waals surface area contributed by atoms with E-state index in [1.807, 2.05) is 37.3 Å². The van der Waals surface area contributed by atoms with Gasteiger partial charge in [0.15, 0.2) is 0 Å². The van der Waals surface area contributed by atoms with Crippen LogP contribution in [0.15, 0.2) is 60.9 Å². The minimum atomic E-state index is -0.156. The first-order chi connectivity index (χ1) is 12.6. The Kier molecular flexibility index (Phi) is 5.71. The van der Waals surface area contributed by atoms with Gasteiger partial charge in [-0.05, 0) is 37.3 Å². The van der Waals surface area contributed by atoms with Gasteiger partial charge in [-0.25, -0.2) is 9.97 Å². The summed E-state index contributed by atoms with van der Waals surface area (Å²) in [6, 6.07) is 14.5. The number of carbonyl (C=O) groups excluding carboxylic acids is 1. The Bertz CT molecular complexity index is 881. The van der Waals surface area contributed by atoms with Crippen molar-refractivity contribution in [2.45, 2.75) is 6.92 Å². The molecule has 0 fully saturated rings. The SMILES string of the molecule is CCN(C(=O)c1cnc(Nc2cc(Cl)cc(Cl)c2)nc1)c1ccccc1. The number of hydrogen-bond acceptors (Lipinski definition) is 4. The molecule has 1 heterocycles. The number of anilines is 3. The first kappa shape index (κ1) is 18.2. The molecule has 2 aromatic carbocycles. The summed E-state index contributed by atoms with van der Waals surface area (Å²) in [4.78, 5) is 22.8. The summed E-state index contributed by atoms with van der Waals surface area (Å²) in [7, 11) is 0. The van der Waals surface area contributed by atoms with Crippen molar-refractivity contribution in [3.63, 3.8) is 0 Å². The quantitative estimate of drug-likeness (QED) is 0.654. The van der Waals surface area contributed by atoms with Crippen LogP contribution in [0.2, 0.25) is 10.0 Å². The minimum Gasteiger partial charge on any atom is -0.324 e. The average Bonchev–Trinajstić information content (AvgIpc) is 2.63. The Labute approximate surface area is 161 Å². The van der Waals surface area contributed by atoms with Crippen molar-refractivity contribution in [1.29, 1.82) is 0 Å². The zero-order valence-electron chi connectivity index (χ0n) is 14.0. The van der Waals surface area contributed by atoms with Crippen LogP contribution in [-0.4, -0.2) is 22.4 Å². The first-order valence-electron chi connectivity index (χ1n) is 7.99. The number of benzene rings is 2. The molecular weight excluding hydrogens is 371 g/mol. The molecule has 0 saturated carbocycles. The molecule has 0 saturated heterocycles. The largest absolute Gasteiger partial charge is 0.324 e. The van der Waals surface area contributed by atoms with Gasteiger partial charge in [-0.3, -0.25) is 4.79 Å². The van der Waals surface area contributed by atoms with Crippen LogP contribution >= 0.6 is 23.2 Å². The molecule has 1 aromatic heterocycles. The van der Waals surface area contributed by atoms with E-state index in [4.69, 9.17) is 23.2 Å². The average molecular weight is 387 g/mol. The lowest BCUT2D eigenvalue weighted by Crippen LogP contribution is -2.30. The van der Waals surface area contributed by atoms with Gasteiger partial charge in [0, 0.05) is 40.4 Å². The van der Waals surface area contributed by atoms with Gasteiger partial charge in [-0.1, -0.05) is 41.4 Å². The van der Waals surface area contributed by atoms with Crippen LogP contribution < -0.4 is 10.2 Å². The second-order valence-corrected chi connectivity index (χ2v) is 6.34. The van der Waals surface area contributed by atoms with Gasteiger partial charge in [0.25, 0.3) is 5.91 Å². The predicted octanol–water partition coefficient (Wildman–Crippen LogP) is 5.19. The van der Waals surface area contributed by atoms with Crippen molar-refractivity contribution in [1.82, 2.24) is 9.97 Å². The van der Waals surface area contributed by atoms with E-state index >= 15 is 0 Å². The van der Waals surface area contributed by atoms with Crippen molar-refractivity contribution in [2.75, 3.05) is 16.8 Å². The highest BCUT2D eigenvalue weighted by atomic mass is 35.5. The van der Waals surface area contributed by atoms with Gasteiger partial charge in [-0.2, -0.15) is 0 Å². The molecule has 0 aliphatic carbocycles. The molecule has 0 aliphatic heterocycles. The molecule has 1 amide bonds. The number of para-hydroxylation sites is 1. The molecule has 0 aliphatic rings. The molecule has 0 unspecified atom stereocenters. The third-order valence-electron chi connectivity index (χ3n) is 3.65. The summed E-state index contributed by atoms with van der Waals surface area (Å²) >= 11 is 12.0. The van der Waals surface area contributed by atoms with Crippen LogP contribution in [0.3, 0.4) is 0 Å².